The van der Waals surface area contributed by atoms with Gasteiger partial charge >= 0.3 is 0 Å². The number of carbonyl (C=O) groups is 1. The summed E-state index contributed by atoms with van der Waals surface area (Å²) in [6.07, 6.45) is 4.77. The van der Waals surface area contributed by atoms with Crippen molar-refractivity contribution >= 4 is 17.7 Å². The lowest BCUT2D eigenvalue weighted by molar-refractivity contribution is -0.121. The molecule has 2 aromatic heterocycles. The number of thioether (sulfide) groups is 1. The van der Waals surface area contributed by atoms with Crippen LogP contribution in [0, 0.1) is 6.92 Å². The van der Waals surface area contributed by atoms with Crippen LogP contribution in [0.4, 0.5) is 0 Å². The maximum absolute atomic E-state index is 13.2. The summed E-state index contributed by atoms with van der Waals surface area (Å²) in [6.45, 7) is 3.83. The molecule has 1 aliphatic carbocycles. The minimum Gasteiger partial charge on any atom is -0.469 e. The van der Waals surface area contributed by atoms with Crippen molar-refractivity contribution in [2.45, 2.75) is 49.6 Å². The molecule has 0 spiro atoms. The quantitative estimate of drug-likeness (QED) is 0.386. The summed E-state index contributed by atoms with van der Waals surface area (Å²) in [4.78, 5) is 13.2. The number of amides is 1. The highest BCUT2D eigenvalue weighted by molar-refractivity contribution is 8.00. The zero-order chi connectivity index (χ0) is 22.8. The van der Waals surface area contributed by atoms with Crippen molar-refractivity contribution in [1.29, 1.82) is 0 Å². The van der Waals surface area contributed by atoms with Crippen LogP contribution < -0.4 is 5.32 Å². The SMILES string of the molecule is Cc1occc1-c1nnc(S[C@H](C)C(=O)N[C@@H]2CCCc3ccccc32)n1-c1ccccc1. The summed E-state index contributed by atoms with van der Waals surface area (Å²) in [5.74, 6) is 1.48. The van der Waals surface area contributed by atoms with Gasteiger partial charge < -0.3 is 9.73 Å². The fraction of sp³-hybridized carbons (Fsp3) is 0.269. The van der Waals surface area contributed by atoms with Crippen LogP contribution >= 0.6 is 11.8 Å². The minimum absolute atomic E-state index is 0.00496. The maximum atomic E-state index is 13.2. The molecule has 5 rings (SSSR count). The number of aryl methyl sites for hydroxylation is 2. The van der Waals surface area contributed by atoms with Gasteiger partial charge in [0, 0.05) is 5.69 Å². The number of hydrogen-bond acceptors (Lipinski definition) is 5. The van der Waals surface area contributed by atoms with Crippen molar-refractivity contribution in [2.75, 3.05) is 0 Å². The Morgan fingerprint density at radius 2 is 1.91 bits per heavy atom. The molecule has 2 heterocycles. The van der Waals surface area contributed by atoms with Gasteiger partial charge in [0.05, 0.1) is 23.1 Å². The Bertz CT molecular complexity index is 1260. The molecule has 1 aliphatic rings. The van der Waals surface area contributed by atoms with E-state index in [0.29, 0.717) is 11.0 Å². The molecule has 168 valence electrons. The van der Waals surface area contributed by atoms with Gasteiger partial charge in [-0.1, -0.05) is 54.2 Å². The van der Waals surface area contributed by atoms with Crippen molar-refractivity contribution in [3.63, 3.8) is 0 Å². The highest BCUT2D eigenvalue weighted by Gasteiger charge is 2.26. The molecule has 2 atom stereocenters. The zero-order valence-electron chi connectivity index (χ0n) is 18.7. The van der Waals surface area contributed by atoms with Crippen molar-refractivity contribution in [3.8, 4) is 17.1 Å². The first-order valence-corrected chi connectivity index (χ1v) is 12.1. The zero-order valence-corrected chi connectivity index (χ0v) is 19.5. The third kappa shape index (κ3) is 4.33. The van der Waals surface area contributed by atoms with Gasteiger partial charge in [-0.2, -0.15) is 0 Å². The van der Waals surface area contributed by atoms with E-state index in [1.807, 2.05) is 60.9 Å². The molecule has 0 saturated heterocycles. The average molecular weight is 459 g/mol. The van der Waals surface area contributed by atoms with Crippen molar-refractivity contribution < 1.29 is 9.21 Å². The van der Waals surface area contributed by atoms with Gasteiger partial charge in [-0.15, -0.1) is 10.2 Å². The van der Waals surface area contributed by atoms with E-state index < -0.39 is 0 Å². The number of carbonyl (C=O) groups excluding carboxylic acids is 1. The molecule has 0 unspecified atom stereocenters. The monoisotopic (exact) mass is 458 g/mol. The molecule has 1 N–H and O–H groups in total. The highest BCUT2D eigenvalue weighted by atomic mass is 32.2. The van der Waals surface area contributed by atoms with E-state index in [0.717, 1.165) is 36.3 Å². The molecule has 0 radical (unpaired) electrons. The Kier molecular flexibility index (Phi) is 6.05. The molecule has 6 nitrogen and oxygen atoms in total. The molecule has 0 saturated carbocycles. The third-order valence-corrected chi connectivity index (χ3v) is 7.13. The molecule has 2 aromatic carbocycles. The topological polar surface area (TPSA) is 72.9 Å². The number of furan rings is 1. The lowest BCUT2D eigenvalue weighted by atomic mass is 9.88. The van der Waals surface area contributed by atoms with Crippen LogP contribution in [0.15, 0.2) is 76.5 Å². The van der Waals surface area contributed by atoms with Gasteiger partial charge in [-0.05, 0) is 62.4 Å². The van der Waals surface area contributed by atoms with E-state index in [1.165, 1.54) is 22.9 Å². The second kappa shape index (κ2) is 9.27. The molecule has 0 aliphatic heterocycles. The van der Waals surface area contributed by atoms with Crippen molar-refractivity contribution in [3.05, 3.63) is 83.8 Å². The Hall–Kier alpha value is -3.32. The Morgan fingerprint density at radius 3 is 2.70 bits per heavy atom. The van der Waals surface area contributed by atoms with Crippen LogP contribution in [0.25, 0.3) is 17.1 Å². The third-order valence-electron chi connectivity index (χ3n) is 6.08. The van der Waals surface area contributed by atoms with Crippen LogP contribution in [0.2, 0.25) is 0 Å². The fourth-order valence-electron chi connectivity index (χ4n) is 4.35. The van der Waals surface area contributed by atoms with Gasteiger partial charge in [0.25, 0.3) is 0 Å². The summed E-state index contributed by atoms with van der Waals surface area (Å²) in [5, 5.41) is 12.5. The van der Waals surface area contributed by atoms with E-state index in [-0.39, 0.29) is 17.2 Å². The molecule has 1 amide bonds. The predicted molar refractivity (Wildman–Crippen MR) is 129 cm³/mol. The molecule has 33 heavy (non-hydrogen) atoms. The number of hydrogen-bond donors (Lipinski definition) is 1. The van der Waals surface area contributed by atoms with Crippen LogP contribution in [0.3, 0.4) is 0 Å². The van der Waals surface area contributed by atoms with E-state index >= 15 is 0 Å². The minimum atomic E-state index is -0.330. The molecule has 7 heteroatoms. The maximum Gasteiger partial charge on any atom is 0.233 e. The van der Waals surface area contributed by atoms with Crippen molar-refractivity contribution in [1.82, 2.24) is 20.1 Å². The number of rotatable bonds is 6. The van der Waals surface area contributed by atoms with Gasteiger partial charge in [0.1, 0.15) is 5.76 Å². The van der Waals surface area contributed by atoms with E-state index in [4.69, 9.17) is 4.42 Å². The lowest BCUT2D eigenvalue weighted by Gasteiger charge is -2.27. The van der Waals surface area contributed by atoms with Gasteiger partial charge in [-0.25, -0.2) is 0 Å². The second-order valence-electron chi connectivity index (χ2n) is 8.28. The Balaban J connectivity index is 1.40. The van der Waals surface area contributed by atoms with Crippen LogP contribution in [0.5, 0.6) is 0 Å². The van der Waals surface area contributed by atoms with E-state index in [9.17, 15) is 4.79 Å². The van der Waals surface area contributed by atoms with Crippen LogP contribution in [-0.2, 0) is 11.2 Å². The second-order valence-corrected chi connectivity index (χ2v) is 9.59. The predicted octanol–water partition coefficient (Wildman–Crippen LogP) is 5.51. The van der Waals surface area contributed by atoms with Gasteiger partial charge in [-0.3, -0.25) is 9.36 Å². The number of fused-ring (bicyclic) bond motifs is 1. The number of benzene rings is 2. The van der Waals surface area contributed by atoms with Gasteiger partial charge in [0.2, 0.25) is 5.91 Å². The van der Waals surface area contributed by atoms with Crippen LogP contribution in [0.1, 0.15) is 42.7 Å². The first-order valence-electron chi connectivity index (χ1n) is 11.2. The molecule has 4 aromatic rings. The first kappa shape index (κ1) is 21.5. The summed E-state index contributed by atoms with van der Waals surface area (Å²) in [5.41, 5.74) is 4.39. The summed E-state index contributed by atoms with van der Waals surface area (Å²) in [7, 11) is 0. The first-order chi connectivity index (χ1) is 16.1. The molecular formula is C26H26N4O2S. The molecule has 0 fully saturated rings. The summed E-state index contributed by atoms with van der Waals surface area (Å²) < 4.78 is 7.49. The number of para-hydroxylation sites is 1. The highest BCUT2D eigenvalue weighted by Crippen LogP contribution is 2.33. The normalized spacial score (nSPS) is 16.2. The lowest BCUT2D eigenvalue weighted by Crippen LogP contribution is -2.36. The number of aromatic nitrogens is 3. The molecular weight excluding hydrogens is 432 g/mol. The van der Waals surface area contributed by atoms with Crippen molar-refractivity contribution in [2.24, 2.45) is 0 Å². The van der Waals surface area contributed by atoms with Crippen LogP contribution in [-0.4, -0.2) is 25.9 Å². The summed E-state index contributed by atoms with van der Waals surface area (Å²) in [6, 6.07) is 20.3. The number of nitrogens with one attached hydrogen (secondary N) is 1. The van der Waals surface area contributed by atoms with E-state index in [1.54, 1.807) is 6.26 Å². The number of nitrogens with zero attached hydrogens (tertiary/aromatic N) is 3. The standard InChI is InChI=1S/C26H26N4O2S/c1-17-21(15-16-32-17)24-28-29-26(30(24)20-11-4-3-5-12-20)33-18(2)25(31)27-23-14-8-10-19-9-6-7-13-22(19)23/h3-7,9,11-13,15-16,18,23H,8,10,14H2,1-2H3,(H,27,31)/t18-,23-/m1/s1. The largest absolute Gasteiger partial charge is 0.469 e. The molecule has 0 bridgehead atoms. The summed E-state index contributed by atoms with van der Waals surface area (Å²) >= 11 is 1.41. The smallest absolute Gasteiger partial charge is 0.233 e. The fourth-order valence-corrected chi connectivity index (χ4v) is 5.23. The van der Waals surface area contributed by atoms with Gasteiger partial charge in [0.15, 0.2) is 11.0 Å². The average Bonchev–Trinajstić information content (AvgIpc) is 3.45. The Labute approximate surface area is 197 Å². The Morgan fingerprint density at radius 1 is 1.12 bits per heavy atom. The van der Waals surface area contributed by atoms with E-state index in [2.05, 4.69) is 33.7 Å².